The van der Waals surface area contributed by atoms with Gasteiger partial charge in [-0.3, -0.25) is 4.79 Å². The second kappa shape index (κ2) is 7.26. The van der Waals surface area contributed by atoms with Gasteiger partial charge in [-0.05, 0) is 36.8 Å². The standard InChI is InChI=1S/C21H18O7/c1-12-20(13-3-6-16-18(9-13)26-8-2-7-25-16)21(24)15-5-4-14(10-17(15)28-12)27-11-19(22)23/h3-6,9-10H,2,7-8,11H2,1H3,(H,22,23). The minimum atomic E-state index is -1.08. The van der Waals surface area contributed by atoms with Crippen molar-refractivity contribution in [1.29, 1.82) is 0 Å². The molecule has 28 heavy (non-hydrogen) atoms. The van der Waals surface area contributed by atoms with Gasteiger partial charge in [0.25, 0.3) is 0 Å². The SMILES string of the molecule is Cc1oc2cc(OCC(=O)O)ccc2c(=O)c1-c1ccc2c(c1)OCCCO2. The molecule has 2 heterocycles. The maximum atomic E-state index is 13.1. The molecule has 0 unspecified atom stereocenters. The fourth-order valence-corrected chi connectivity index (χ4v) is 3.17. The molecule has 2 aromatic carbocycles. The fourth-order valence-electron chi connectivity index (χ4n) is 3.17. The van der Waals surface area contributed by atoms with Gasteiger partial charge in [0.15, 0.2) is 18.1 Å². The molecule has 1 aromatic heterocycles. The van der Waals surface area contributed by atoms with E-state index >= 15 is 0 Å². The molecule has 7 heteroatoms. The molecule has 4 rings (SSSR count). The highest BCUT2D eigenvalue weighted by Gasteiger charge is 2.17. The summed E-state index contributed by atoms with van der Waals surface area (Å²) in [7, 11) is 0. The van der Waals surface area contributed by atoms with Crippen molar-refractivity contribution in [3.05, 3.63) is 52.4 Å². The van der Waals surface area contributed by atoms with Crippen molar-refractivity contribution in [3.63, 3.8) is 0 Å². The Labute approximate surface area is 160 Å². The smallest absolute Gasteiger partial charge is 0.341 e. The Morgan fingerprint density at radius 2 is 1.89 bits per heavy atom. The van der Waals surface area contributed by atoms with E-state index in [1.54, 1.807) is 31.2 Å². The van der Waals surface area contributed by atoms with E-state index in [0.717, 1.165) is 6.42 Å². The van der Waals surface area contributed by atoms with Crippen molar-refractivity contribution in [2.45, 2.75) is 13.3 Å². The van der Waals surface area contributed by atoms with E-state index in [4.69, 9.17) is 23.7 Å². The summed E-state index contributed by atoms with van der Waals surface area (Å²) in [6.45, 7) is 2.39. The van der Waals surface area contributed by atoms with Crippen molar-refractivity contribution < 1.29 is 28.5 Å². The number of hydrogen-bond acceptors (Lipinski definition) is 6. The van der Waals surface area contributed by atoms with Crippen LogP contribution in [0.15, 0.2) is 45.6 Å². The van der Waals surface area contributed by atoms with Crippen LogP contribution in [0.2, 0.25) is 0 Å². The van der Waals surface area contributed by atoms with Crippen LogP contribution in [0.5, 0.6) is 17.2 Å². The lowest BCUT2D eigenvalue weighted by Crippen LogP contribution is -2.10. The van der Waals surface area contributed by atoms with Gasteiger partial charge in [-0.2, -0.15) is 0 Å². The molecule has 1 aliphatic heterocycles. The van der Waals surface area contributed by atoms with Crippen molar-refractivity contribution in [2.24, 2.45) is 0 Å². The van der Waals surface area contributed by atoms with Crippen LogP contribution in [0.3, 0.4) is 0 Å². The highest BCUT2D eigenvalue weighted by molar-refractivity contribution is 5.84. The molecule has 0 saturated heterocycles. The average Bonchev–Trinajstić information content (AvgIpc) is 2.91. The van der Waals surface area contributed by atoms with E-state index in [0.29, 0.717) is 58.3 Å². The third kappa shape index (κ3) is 3.38. The third-order valence-electron chi connectivity index (χ3n) is 4.44. The lowest BCUT2D eigenvalue weighted by molar-refractivity contribution is -0.139. The first-order valence-electron chi connectivity index (χ1n) is 8.85. The van der Waals surface area contributed by atoms with E-state index < -0.39 is 12.6 Å². The number of aryl methyl sites for hydroxylation is 1. The molecule has 0 amide bonds. The predicted octanol–water partition coefficient (Wildman–Crippen LogP) is 3.39. The third-order valence-corrected chi connectivity index (χ3v) is 4.44. The van der Waals surface area contributed by atoms with Crippen LogP contribution in [0.25, 0.3) is 22.1 Å². The van der Waals surface area contributed by atoms with Gasteiger partial charge in [0.1, 0.15) is 17.1 Å². The highest BCUT2D eigenvalue weighted by atomic mass is 16.5. The molecule has 0 atom stereocenters. The Morgan fingerprint density at radius 1 is 1.11 bits per heavy atom. The summed E-state index contributed by atoms with van der Waals surface area (Å²) < 4.78 is 22.4. The number of carboxylic acid groups (broad SMARTS) is 1. The lowest BCUT2D eigenvalue weighted by atomic mass is 10.0. The number of carboxylic acids is 1. The molecule has 3 aromatic rings. The summed E-state index contributed by atoms with van der Waals surface area (Å²) in [6.07, 6.45) is 0.799. The molecule has 0 bridgehead atoms. The zero-order chi connectivity index (χ0) is 19.7. The van der Waals surface area contributed by atoms with Crippen molar-refractivity contribution >= 4 is 16.9 Å². The summed E-state index contributed by atoms with van der Waals surface area (Å²) in [5.41, 5.74) is 1.28. The zero-order valence-electron chi connectivity index (χ0n) is 15.2. The second-order valence-corrected chi connectivity index (χ2v) is 6.41. The van der Waals surface area contributed by atoms with Gasteiger partial charge in [0.2, 0.25) is 5.43 Å². The van der Waals surface area contributed by atoms with Gasteiger partial charge in [-0.15, -0.1) is 0 Å². The largest absolute Gasteiger partial charge is 0.490 e. The van der Waals surface area contributed by atoms with E-state index in [9.17, 15) is 9.59 Å². The minimum absolute atomic E-state index is 0.182. The van der Waals surface area contributed by atoms with Crippen LogP contribution in [0.1, 0.15) is 12.2 Å². The first-order valence-corrected chi connectivity index (χ1v) is 8.85. The maximum Gasteiger partial charge on any atom is 0.341 e. The van der Waals surface area contributed by atoms with Gasteiger partial charge in [-0.1, -0.05) is 6.07 Å². The number of rotatable bonds is 4. The summed E-state index contributed by atoms with van der Waals surface area (Å²) in [5.74, 6) is 0.946. The Bertz CT molecular complexity index is 1110. The van der Waals surface area contributed by atoms with Crippen LogP contribution in [0.4, 0.5) is 0 Å². The number of carbonyl (C=O) groups is 1. The molecule has 0 saturated carbocycles. The van der Waals surface area contributed by atoms with Gasteiger partial charge < -0.3 is 23.7 Å². The van der Waals surface area contributed by atoms with Gasteiger partial charge >= 0.3 is 5.97 Å². The molecule has 144 valence electrons. The quantitative estimate of drug-likeness (QED) is 0.739. The van der Waals surface area contributed by atoms with Crippen LogP contribution in [0, 0.1) is 6.92 Å². The predicted molar refractivity (Wildman–Crippen MR) is 101 cm³/mol. The van der Waals surface area contributed by atoms with Crippen LogP contribution in [-0.4, -0.2) is 30.9 Å². The minimum Gasteiger partial charge on any atom is -0.490 e. The maximum absolute atomic E-state index is 13.1. The van der Waals surface area contributed by atoms with Crippen LogP contribution >= 0.6 is 0 Å². The normalized spacial score (nSPS) is 13.2. The van der Waals surface area contributed by atoms with E-state index in [2.05, 4.69) is 0 Å². The highest BCUT2D eigenvalue weighted by Crippen LogP contribution is 2.35. The van der Waals surface area contributed by atoms with E-state index in [1.807, 2.05) is 6.07 Å². The zero-order valence-corrected chi connectivity index (χ0v) is 15.2. The molecule has 1 N–H and O–H groups in total. The van der Waals surface area contributed by atoms with Crippen molar-refractivity contribution in [1.82, 2.24) is 0 Å². The molecular weight excluding hydrogens is 364 g/mol. The molecule has 0 aliphatic carbocycles. The Balaban J connectivity index is 1.78. The number of ether oxygens (including phenoxy) is 3. The summed E-state index contributed by atoms with van der Waals surface area (Å²) in [4.78, 5) is 23.7. The molecule has 0 radical (unpaired) electrons. The number of benzene rings is 2. The molecule has 0 spiro atoms. The summed E-state index contributed by atoms with van der Waals surface area (Å²) >= 11 is 0. The Hall–Kier alpha value is -3.48. The monoisotopic (exact) mass is 382 g/mol. The summed E-state index contributed by atoms with van der Waals surface area (Å²) in [5, 5.41) is 9.11. The van der Waals surface area contributed by atoms with Crippen molar-refractivity contribution in [2.75, 3.05) is 19.8 Å². The molecular formula is C21H18O7. The molecule has 0 fully saturated rings. The first kappa shape index (κ1) is 17.9. The van der Waals surface area contributed by atoms with Gasteiger partial charge in [-0.25, -0.2) is 4.79 Å². The molecule has 1 aliphatic rings. The van der Waals surface area contributed by atoms with E-state index in [1.165, 1.54) is 6.07 Å². The number of hydrogen-bond donors (Lipinski definition) is 1. The van der Waals surface area contributed by atoms with Crippen LogP contribution in [-0.2, 0) is 4.79 Å². The average molecular weight is 382 g/mol. The molecule has 7 nitrogen and oxygen atoms in total. The first-order chi connectivity index (χ1) is 13.5. The topological polar surface area (TPSA) is 95.2 Å². The van der Waals surface area contributed by atoms with Gasteiger partial charge in [0, 0.05) is 12.5 Å². The number of fused-ring (bicyclic) bond motifs is 2. The van der Waals surface area contributed by atoms with Crippen LogP contribution < -0.4 is 19.6 Å². The Kier molecular flexibility index (Phi) is 4.65. The Morgan fingerprint density at radius 3 is 2.68 bits per heavy atom. The second-order valence-electron chi connectivity index (χ2n) is 6.41. The number of aliphatic carboxylic acids is 1. The van der Waals surface area contributed by atoms with Crippen molar-refractivity contribution in [3.8, 4) is 28.4 Å². The fraction of sp³-hybridized carbons (Fsp3) is 0.238. The van der Waals surface area contributed by atoms with E-state index in [-0.39, 0.29) is 5.43 Å². The van der Waals surface area contributed by atoms with Gasteiger partial charge in [0.05, 0.1) is 24.2 Å². The lowest BCUT2D eigenvalue weighted by Gasteiger charge is -2.11. The summed E-state index contributed by atoms with van der Waals surface area (Å²) in [6, 6.07) is 10.0.